The Morgan fingerprint density at radius 3 is 2.58 bits per heavy atom. The molecule has 1 aliphatic carbocycles. The molecule has 1 aliphatic rings. The number of hydrogen-bond acceptors (Lipinski definition) is 3. The van der Waals surface area contributed by atoms with Crippen molar-refractivity contribution in [1.29, 1.82) is 0 Å². The van der Waals surface area contributed by atoms with Crippen molar-refractivity contribution in [2.24, 2.45) is 0 Å². The molecule has 0 fully saturated rings. The Morgan fingerprint density at radius 1 is 1.00 bits per heavy atom. The summed E-state index contributed by atoms with van der Waals surface area (Å²) in [5.41, 5.74) is 1.97. The third-order valence-corrected chi connectivity index (χ3v) is 3.74. The van der Waals surface area contributed by atoms with Crippen molar-refractivity contribution in [3.63, 3.8) is 0 Å². The summed E-state index contributed by atoms with van der Waals surface area (Å²) in [6.45, 7) is 0. The molecule has 19 heavy (non-hydrogen) atoms. The third-order valence-electron chi connectivity index (χ3n) is 3.74. The van der Waals surface area contributed by atoms with Crippen LogP contribution in [0.4, 0.5) is 0 Å². The van der Waals surface area contributed by atoms with E-state index in [1.807, 2.05) is 24.3 Å². The molecule has 0 bridgehead atoms. The molecule has 0 atom stereocenters. The number of ether oxygens (including phenoxy) is 2. The minimum absolute atomic E-state index is 0.235. The lowest BCUT2D eigenvalue weighted by molar-refractivity contribution is 0.0974. The van der Waals surface area contributed by atoms with Gasteiger partial charge in [0.25, 0.3) is 0 Å². The number of carbonyl (C=O) groups is 1. The van der Waals surface area contributed by atoms with Crippen LogP contribution in [0, 0.1) is 0 Å². The van der Waals surface area contributed by atoms with E-state index in [-0.39, 0.29) is 5.78 Å². The fourth-order valence-corrected chi connectivity index (χ4v) is 2.81. The smallest absolute Gasteiger partial charge is 0.163 e. The molecule has 2 aromatic rings. The Morgan fingerprint density at radius 2 is 1.84 bits per heavy atom. The average Bonchev–Trinajstić information content (AvgIpc) is 2.45. The van der Waals surface area contributed by atoms with Crippen molar-refractivity contribution in [3.8, 4) is 11.5 Å². The zero-order chi connectivity index (χ0) is 13.4. The summed E-state index contributed by atoms with van der Waals surface area (Å²) in [7, 11) is 3.29. The van der Waals surface area contributed by atoms with E-state index >= 15 is 0 Å². The number of benzene rings is 2. The lowest BCUT2D eigenvalue weighted by Crippen LogP contribution is -2.11. The highest BCUT2D eigenvalue weighted by Gasteiger charge is 2.22. The average molecular weight is 256 g/mol. The topological polar surface area (TPSA) is 35.5 Å². The maximum atomic E-state index is 12.2. The van der Waals surface area contributed by atoms with Crippen LogP contribution in [0.25, 0.3) is 10.8 Å². The summed E-state index contributed by atoms with van der Waals surface area (Å²) in [5, 5.41) is 1.91. The molecule has 2 aromatic carbocycles. The van der Waals surface area contributed by atoms with E-state index in [0.717, 1.165) is 46.2 Å². The van der Waals surface area contributed by atoms with Gasteiger partial charge in [0.05, 0.1) is 14.2 Å². The molecule has 3 rings (SSSR count). The van der Waals surface area contributed by atoms with Gasteiger partial charge in [0, 0.05) is 17.4 Å². The summed E-state index contributed by atoms with van der Waals surface area (Å²) in [6.07, 6.45) is 2.51. The second-order valence-electron chi connectivity index (χ2n) is 4.80. The highest BCUT2D eigenvalue weighted by Crippen LogP contribution is 2.37. The van der Waals surface area contributed by atoms with Gasteiger partial charge in [0.1, 0.15) is 11.5 Å². The first kappa shape index (κ1) is 12.0. The Balaban J connectivity index is 2.37. The number of aryl methyl sites for hydroxylation is 1. The van der Waals surface area contributed by atoms with Crippen molar-refractivity contribution >= 4 is 16.6 Å². The SMILES string of the molecule is COc1ccc2c3c(cc(OC)c2c1)CCCC3=O. The zero-order valence-electron chi connectivity index (χ0n) is 11.2. The third kappa shape index (κ3) is 1.86. The largest absolute Gasteiger partial charge is 0.497 e. The van der Waals surface area contributed by atoms with Gasteiger partial charge in [-0.05, 0) is 48.1 Å². The molecule has 0 N–H and O–H groups in total. The van der Waals surface area contributed by atoms with Gasteiger partial charge in [0.2, 0.25) is 0 Å². The maximum Gasteiger partial charge on any atom is 0.163 e. The van der Waals surface area contributed by atoms with Crippen LogP contribution >= 0.6 is 0 Å². The summed E-state index contributed by atoms with van der Waals surface area (Å²) in [6, 6.07) is 7.77. The van der Waals surface area contributed by atoms with E-state index in [1.54, 1.807) is 14.2 Å². The van der Waals surface area contributed by atoms with E-state index in [2.05, 4.69) is 0 Å². The maximum absolute atomic E-state index is 12.2. The highest BCUT2D eigenvalue weighted by atomic mass is 16.5. The number of hydrogen-bond donors (Lipinski definition) is 0. The fraction of sp³-hybridized carbons (Fsp3) is 0.312. The summed E-state index contributed by atoms with van der Waals surface area (Å²) in [5.74, 6) is 1.82. The molecular weight excluding hydrogens is 240 g/mol. The van der Waals surface area contributed by atoms with E-state index in [4.69, 9.17) is 9.47 Å². The van der Waals surface area contributed by atoms with E-state index in [0.29, 0.717) is 6.42 Å². The van der Waals surface area contributed by atoms with Crippen LogP contribution in [-0.4, -0.2) is 20.0 Å². The van der Waals surface area contributed by atoms with Gasteiger partial charge in [-0.2, -0.15) is 0 Å². The molecule has 0 heterocycles. The van der Waals surface area contributed by atoms with Crippen LogP contribution in [0.3, 0.4) is 0 Å². The zero-order valence-corrected chi connectivity index (χ0v) is 11.2. The first-order chi connectivity index (χ1) is 9.24. The molecule has 98 valence electrons. The molecule has 3 nitrogen and oxygen atoms in total. The molecule has 0 saturated heterocycles. The van der Waals surface area contributed by atoms with Crippen molar-refractivity contribution in [2.75, 3.05) is 14.2 Å². The molecule has 3 heteroatoms. The van der Waals surface area contributed by atoms with Gasteiger partial charge in [-0.3, -0.25) is 4.79 Å². The van der Waals surface area contributed by atoms with Gasteiger partial charge in [-0.25, -0.2) is 0 Å². The Kier molecular flexibility index (Phi) is 2.90. The van der Waals surface area contributed by atoms with Gasteiger partial charge in [0.15, 0.2) is 5.78 Å². The molecule has 0 unspecified atom stereocenters. The molecule has 0 spiro atoms. The van der Waals surface area contributed by atoms with E-state index in [1.165, 1.54) is 0 Å². The van der Waals surface area contributed by atoms with Crippen molar-refractivity contribution in [2.45, 2.75) is 19.3 Å². The highest BCUT2D eigenvalue weighted by molar-refractivity contribution is 6.11. The number of carbonyl (C=O) groups excluding carboxylic acids is 1. The molecule has 0 aromatic heterocycles. The second-order valence-corrected chi connectivity index (χ2v) is 4.80. The standard InChI is InChI=1S/C16H16O3/c1-18-11-6-7-12-13(9-11)15(19-2)8-10-4-3-5-14(17)16(10)12/h6-9H,3-5H2,1-2H3. The number of Topliss-reactive ketones (excluding diaryl/α,β-unsaturated/α-hetero) is 1. The fourth-order valence-electron chi connectivity index (χ4n) is 2.81. The quantitative estimate of drug-likeness (QED) is 0.826. The summed E-state index contributed by atoms with van der Waals surface area (Å²) >= 11 is 0. The minimum Gasteiger partial charge on any atom is -0.497 e. The first-order valence-corrected chi connectivity index (χ1v) is 6.45. The predicted octanol–water partition coefficient (Wildman–Crippen LogP) is 3.38. The van der Waals surface area contributed by atoms with Crippen molar-refractivity contribution < 1.29 is 14.3 Å². The molecule has 0 aliphatic heterocycles. The van der Waals surface area contributed by atoms with Crippen LogP contribution in [0.15, 0.2) is 24.3 Å². The van der Waals surface area contributed by atoms with Crippen LogP contribution in [0.1, 0.15) is 28.8 Å². The van der Waals surface area contributed by atoms with Gasteiger partial charge >= 0.3 is 0 Å². The number of ketones is 1. The molecule has 0 radical (unpaired) electrons. The molecule has 0 saturated carbocycles. The van der Waals surface area contributed by atoms with Gasteiger partial charge in [-0.1, -0.05) is 0 Å². The Bertz CT molecular complexity index is 659. The lowest BCUT2D eigenvalue weighted by atomic mass is 9.86. The predicted molar refractivity (Wildman–Crippen MR) is 74.3 cm³/mol. The number of fused-ring (bicyclic) bond motifs is 3. The second kappa shape index (κ2) is 4.57. The minimum atomic E-state index is 0.235. The van der Waals surface area contributed by atoms with Crippen LogP contribution in [-0.2, 0) is 6.42 Å². The summed E-state index contributed by atoms with van der Waals surface area (Å²) in [4.78, 5) is 12.2. The van der Waals surface area contributed by atoms with E-state index in [9.17, 15) is 4.79 Å². The van der Waals surface area contributed by atoms with Crippen molar-refractivity contribution in [3.05, 3.63) is 35.4 Å². The number of rotatable bonds is 2. The van der Waals surface area contributed by atoms with Gasteiger partial charge < -0.3 is 9.47 Å². The van der Waals surface area contributed by atoms with Crippen molar-refractivity contribution in [1.82, 2.24) is 0 Å². The van der Waals surface area contributed by atoms with Crippen LogP contribution < -0.4 is 9.47 Å². The summed E-state index contributed by atoms with van der Waals surface area (Å²) < 4.78 is 10.7. The van der Waals surface area contributed by atoms with Gasteiger partial charge in [-0.15, -0.1) is 0 Å². The Hall–Kier alpha value is -2.03. The van der Waals surface area contributed by atoms with Crippen LogP contribution in [0.5, 0.6) is 11.5 Å². The molecular formula is C16H16O3. The lowest BCUT2D eigenvalue weighted by Gasteiger charge is -2.19. The normalized spacial score (nSPS) is 14.3. The first-order valence-electron chi connectivity index (χ1n) is 6.45. The monoisotopic (exact) mass is 256 g/mol. The van der Waals surface area contributed by atoms with Crippen LogP contribution in [0.2, 0.25) is 0 Å². The van der Waals surface area contributed by atoms with E-state index < -0.39 is 0 Å². The number of methoxy groups -OCH3 is 2. The Labute approximate surface area is 112 Å². The molecule has 0 amide bonds.